The van der Waals surface area contributed by atoms with Crippen LogP contribution in [0.3, 0.4) is 0 Å². The van der Waals surface area contributed by atoms with Crippen molar-refractivity contribution >= 4 is 21.8 Å². The number of rotatable bonds is 5. The highest BCUT2D eigenvalue weighted by Crippen LogP contribution is 2.14. The van der Waals surface area contributed by atoms with Gasteiger partial charge in [-0.05, 0) is 46.6 Å². The Morgan fingerprint density at radius 1 is 1.42 bits per heavy atom. The molecule has 0 saturated heterocycles. The average molecular weight is 323 g/mol. The van der Waals surface area contributed by atoms with Crippen molar-refractivity contribution in [1.29, 1.82) is 0 Å². The van der Waals surface area contributed by atoms with Gasteiger partial charge in [0.1, 0.15) is 11.4 Å². The third-order valence-electron chi connectivity index (χ3n) is 2.55. The number of ether oxygens (including phenoxy) is 1. The number of hydrogen-bond donors (Lipinski definition) is 2. The Balaban J connectivity index is 1.95. The molecule has 2 rings (SSSR count). The van der Waals surface area contributed by atoms with E-state index in [4.69, 9.17) is 4.74 Å². The van der Waals surface area contributed by atoms with Crippen LogP contribution in [0.25, 0.3) is 0 Å². The van der Waals surface area contributed by atoms with Crippen molar-refractivity contribution < 1.29 is 9.53 Å². The fraction of sp³-hybridized carbons (Fsp3) is 0.214. The van der Waals surface area contributed by atoms with Gasteiger partial charge >= 0.3 is 0 Å². The molecule has 2 aromatic rings. The first-order valence-electron chi connectivity index (χ1n) is 6.03. The first-order chi connectivity index (χ1) is 9.19. The van der Waals surface area contributed by atoms with Crippen LogP contribution in [0.1, 0.15) is 23.0 Å². The van der Waals surface area contributed by atoms with E-state index in [2.05, 4.69) is 26.2 Å². The molecule has 2 N–H and O–H groups in total. The monoisotopic (exact) mass is 322 g/mol. The third kappa shape index (κ3) is 3.86. The van der Waals surface area contributed by atoms with Crippen LogP contribution in [-0.4, -0.2) is 17.5 Å². The van der Waals surface area contributed by atoms with E-state index in [0.29, 0.717) is 18.8 Å². The van der Waals surface area contributed by atoms with Gasteiger partial charge in [-0.25, -0.2) is 0 Å². The Hall–Kier alpha value is -1.75. The number of benzene rings is 1. The Morgan fingerprint density at radius 2 is 2.26 bits per heavy atom. The van der Waals surface area contributed by atoms with Crippen LogP contribution in [-0.2, 0) is 6.54 Å². The number of H-pyrrole nitrogens is 1. The van der Waals surface area contributed by atoms with Gasteiger partial charge in [0.05, 0.1) is 6.61 Å². The highest BCUT2D eigenvalue weighted by atomic mass is 79.9. The van der Waals surface area contributed by atoms with E-state index in [-0.39, 0.29) is 5.91 Å². The molecule has 5 heteroatoms. The molecular formula is C14H15BrN2O2. The third-order valence-corrected chi connectivity index (χ3v) is 3.01. The van der Waals surface area contributed by atoms with Crippen molar-refractivity contribution in [2.45, 2.75) is 13.5 Å². The van der Waals surface area contributed by atoms with Crippen LogP contribution in [0.5, 0.6) is 5.75 Å². The first-order valence-corrected chi connectivity index (χ1v) is 6.82. The molecule has 1 aromatic heterocycles. The van der Waals surface area contributed by atoms with E-state index < -0.39 is 0 Å². The van der Waals surface area contributed by atoms with Crippen LogP contribution in [0.4, 0.5) is 0 Å². The molecule has 4 nitrogen and oxygen atoms in total. The molecule has 0 aliphatic heterocycles. The highest BCUT2D eigenvalue weighted by Gasteiger charge is 2.07. The molecule has 0 unspecified atom stereocenters. The molecule has 1 heterocycles. The Kier molecular flexibility index (Phi) is 4.63. The van der Waals surface area contributed by atoms with Crippen molar-refractivity contribution in [3.05, 3.63) is 52.3 Å². The molecular weight excluding hydrogens is 308 g/mol. The largest absolute Gasteiger partial charge is 0.494 e. The molecule has 0 atom stereocenters. The topological polar surface area (TPSA) is 54.1 Å². The second-order valence-corrected chi connectivity index (χ2v) is 4.91. The summed E-state index contributed by atoms with van der Waals surface area (Å²) in [6, 6.07) is 9.43. The summed E-state index contributed by atoms with van der Waals surface area (Å²) in [7, 11) is 0. The molecule has 0 radical (unpaired) electrons. The van der Waals surface area contributed by atoms with Crippen LogP contribution in [0, 0.1) is 0 Å². The quantitative estimate of drug-likeness (QED) is 0.888. The van der Waals surface area contributed by atoms with E-state index >= 15 is 0 Å². The Bertz CT molecular complexity index is 566. The van der Waals surface area contributed by atoms with Gasteiger partial charge in [-0.15, -0.1) is 0 Å². The zero-order valence-electron chi connectivity index (χ0n) is 10.6. The maximum atomic E-state index is 11.8. The van der Waals surface area contributed by atoms with Crippen LogP contribution in [0.2, 0.25) is 0 Å². The van der Waals surface area contributed by atoms with E-state index in [0.717, 1.165) is 15.8 Å². The van der Waals surface area contributed by atoms with Crippen LogP contribution >= 0.6 is 15.9 Å². The summed E-state index contributed by atoms with van der Waals surface area (Å²) in [4.78, 5) is 14.7. The predicted octanol–water partition coefficient (Wildman–Crippen LogP) is 3.11. The predicted molar refractivity (Wildman–Crippen MR) is 77.3 cm³/mol. The number of carbonyl (C=O) groups is 1. The number of hydrogen-bond acceptors (Lipinski definition) is 2. The molecule has 1 aromatic carbocycles. The van der Waals surface area contributed by atoms with Crippen LogP contribution < -0.4 is 10.1 Å². The lowest BCUT2D eigenvalue weighted by molar-refractivity contribution is 0.0946. The van der Waals surface area contributed by atoms with Crippen molar-refractivity contribution in [3.63, 3.8) is 0 Å². The summed E-state index contributed by atoms with van der Waals surface area (Å²) in [6.07, 6.45) is 1.73. The molecule has 0 aliphatic carbocycles. The summed E-state index contributed by atoms with van der Waals surface area (Å²) < 4.78 is 6.27. The SMILES string of the molecule is CCOc1cccc(CNC(=O)c2cc(Br)c[nH]2)c1. The maximum Gasteiger partial charge on any atom is 0.267 e. The van der Waals surface area contributed by atoms with Gasteiger partial charge in [-0.2, -0.15) is 0 Å². The van der Waals surface area contributed by atoms with Crippen molar-refractivity contribution in [1.82, 2.24) is 10.3 Å². The van der Waals surface area contributed by atoms with Gasteiger partial charge in [0, 0.05) is 17.2 Å². The van der Waals surface area contributed by atoms with Gasteiger partial charge in [-0.1, -0.05) is 12.1 Å². The van der Waals surface area contributed by atoms with E-state index in [1.807, 2.05) is 31.2 Å². The van der Waals surface area contributed by atoms with E-state index in [1.54, 1.807) is 12.3 Å². The number of carbonyl (C=O) groups excluding carboxylic acids is 1. The summed E-state index contributed by atoms with van der Waals surface area (Å²) in [5.74, 6) is 0.685. The van der Waals surface area contributed by atoms with Crippen molar-refractivity contribution in [3.8, 4) is 5.75 Å². The van der Waals surface area contributed by atoms with Gasteiger partial charge in [0.15, 0.2) is 0 Å². The highest BCUT2D eigenvalue weighted by molar-refractivity contribution is 9.10. The van der Waals surface area contributed by atoms with E-state index in [1.165, 1.54) is 0 Å². The minimum Gasteiger partial charge on any atom is -0.494 e. The second kappa shape index (κ2) is 6.43. The minimum absolute atomic E-state index is 0.132. The minimum atomic E-state index is -0.132. The zero-order chi connectivity index (χ0) is 13.7. The number of aromatic amines is 1. The maximum absolute atomic E-state index is 11.8. The van der Waals surface area contributed by atoms with Crippen molar-refractivity contribution in [2.24, 2.45) is 0 Å². The summed E-state index contributed by atoms with van der Waals surface area (Å²) in [6.45, 7) is 3.04. The lowest BCUT2D eigenvalue weighted by Crippen LogP contribution is -2.23. The second-order valence-electron chi connectivity index (χ2n) is 3.99. The normalized spacial score (nSPS) is 10.2. The fourth-order valence-corrected chi connectivity index (χ4v) is 2.03. The molecule has 0 spiro atoms. The molecule has 0 fully saturated rings. The average Bonchev–Trinajstić information content (AvgIpc) is 2.84. The van der Waals surface area contributed by atoms with Crippen molar-refractivity contribution in [2.75, 3.05) is 6.61 Å². The molecule has 19 heavy (non-hydrogen) atoms. The summed E-state index contributed by atoms with van der Waals surface area (Å²) in [5.41, 5.74) is 1.54. The standard InChI is InChI=1S/C14H15BrN2O2/c1-2-19-12-5-3-4-10(6-12)8-17-14(18)13-7-11(15)9-16-13/h3-7,9,16H,2,8H2,1H3,(H,17,18). The summed E-state index contributed by atoms with van der Waals surface area (Å²) in [5, 5.41) is 2.85. The Labute approximate surface area is 120 Å². The van der Waals surface area contributed by atoms with Gasteiger partial charge in [-0.3, -0.25) is 4.79 Å². The Morgan fingerprint density at radius 3 is 2.95 bits per heavy atom. The first kappa shape index (κ1) is 13.7. The molecule has 100 valence electrons. The summed E-state index contributed by atoms with van der Waals surface area (Å²) >= 11 is 3.30. The lowest BCUT2D eigenvalue weighted by Gasteiger charge is -2.07. The molecule has 0 bridgehead atoms. The smallest absolute Gasteiger partial charge is 0.267 e. The lowest BCUT2D eigenvalue weighted by atomic mass is 10.2. The number of aromatic nitrogens is 1. The molecule has 0 aliphatic rings. The molecule has 1 amide bonds. The number of nitrogens with one attached hydrogen (secondary N) is 2. The van der Waals surface area contributed by atoms with E-state index in [9.17, 15) is 4.79 Å². The van der Waals surface area contributed by atoms with Gasteiger partial charge in [0.25, 0.3) is 5.91 Å². The number of halogens is 1. The fourth-order valence-electron chi connectivity index (χ4n) is 1.69. The molecule has 0 saturated carbocycles. The zero-order valence-corrected chi connectivity index (χ0v) is 12.2. The number of amides is 1. The van der Waals surface area contributed by atoms with Gasteiger partial charge in [0.2, 0.25) is 0 Å². The van der Waals surface area contributed by atoms with Crippen LogP contribution in [0.15, 0.2) is 41.0 Å². The van der Waals surface area contributed by atoms with Gasteiger partial charge < -0.3 is 15.0 Å².